The van der Waals surface area contributed by atoms with Gasteiger partial charge < -0.3 is 4.74 Å². The first-order valence-corrected chi connectivity index (χ1v) is 14.4. The molecule has 13 heteroatoms. The Hall–Kier alpha value is -4.23. The molecule has 0 saturated carbocycles. The summed E-state index contributed by atoms with van der Waals surface area (Å²) in [5, 5.41) is 8.61. The molecule has 6 rings (SSSR count). The van der Waals surface area contributed by atoms with Crippen molar-refractivity contribution in [1.29, 1.82) is 0 Å². The number of nitrogens with zero attached hydrogens (tertiary/aromatic N) is 6. The molecule has 10 nitrogen and oxygen atoms in total. The predicted molar refractivity (Wildman–Crippen MR) is 145 cm³/mol. The second kappa shape index (κ2) is 10.4. The maximum absolute atomic E-state index is 14.7. The minimum Gasteiger partial charge on any atom is -0.381 e. The van der Waals surface area contributed by atoms with E-state index in [4.69, 9.17) is 4.74 Å². The van der Waals surface area contributed by atoms with Crippen LogP contribution in [-0.2, 0) is 14.8 Å². The monoisotopic (exact) mass is 565 g/mol. The molecule has 0 spiro atoms. The topological polar surface area (TPSA) is 117 Å². The lowest BCUT2D eigenvalue weighted by Crippen LogP contribution is -2.19. The fraction of sp³-hybridized carbons (Fsp3) is 0.259. The minimum absolute atomic E-state index is 0.118. The standard InChI is InChI=1S/C27H25F2N7O3S/c1-2-40(37,38)33-20-9-17(23-4-3-19(28)12-24(23)29)10-22(13-20)35-16-31-25-11-18(14-30-27(25)35)26-15-36(34-32-26)21-5-7-39-8-6-21/h3-4,9-16,21,33H,2,5-8H2,1H3. The lowest BCUT2D eigenvalue weighted by Gasteiger charge is -2.21. The molecule has 206 valence electrons. The summed E-state index contributed by atoms with van der Waals surface area (Å²) < 4.78 is 64.4. The van der Waals surface area contributed by atoms with Gasteiger partial charge in [0.1, 0.15) is 29.2 Å². The number of imidazole rings is 1. The Morgan fingerprint density at radius 2 is 1.88 bits per heavy atom. The van der Waals surface area contributed by atoms with E-state index < -0.39 is 21.7 Å². The maximum Gasteiger partial charge on any atom is 0.232 e. The molecule has 5 aromatic rings. The molecule has 4 heterocycles. The quantitative estimate of drug-likeness (QED) is 0.303. The van der Waals surface area contributed by atoms with Crippen molar-refractivity contribution in [1.82, 2.24) is 29.5 Å². The third-order valence-electron chi connectivity index (χ3n) is 6.85. The summed E-state index contributed by atoms with van der Waals surface area (Å²) in [5.74, 6) is -1.62. The van der Waals surface area contributed by atoms with Gasteiger partial charge >= 0.3 is 0 Å². The van der Waals surface area contributed by atoms with Crippen LogP contribution in [0, 0.1) is 11.6 Å². The van der Waals surface area contributed by atoms with Gasteiger partial charge in [-0.3, -0.25) is 9.29 Å². The van der Waals surface area contributed by atoms with Crippen LogP contribution in [0.2, 0.25) is 0 Å². The summed E-state index contributed by atoms with van der Waals surface area (Å²) in [7, 11) is -3.63. The van der Waals surface area contributed by atoms with Gasteiger partial charge in [-0.15, -0.1) is 5.10 Å². The van der Waals surface area contributed by atoms with Crippen LogP contribution in [0.4, 0.5) is 14.5 Å². The minimum atomic E-state index is -3.63. The molecule has 1 fully saturated rings. The van der Waals surface area contributed by atoms with Crippen molar-refractivity contribution in [3.8, 4) is 28.1 Å². The Labute approximate surface area is 228 Å². The van der Waals surface area contributed by atoms with Crippen molar-refractivity contribution in [3.05, 3.63) is 72.8 Å². The van der Waals surface area contributed by atoms with Crippen LogP contribution in [-0.4, -0.2) is 56.9 Å². The van der Waals surface area contributed by atoms with E-state index in [1.165, 1.54) is 19.1 Å². The highest BCUT2D eigenvalue weighted by Crippen LogP contribution is 2.31. The maximum atomic E-state index is 14.7. The lowest BCUT2D eigenvalue weighted by atomic mass is 10.0. The van der Waals surface area contributed by atoms with Crippen molar-refractivity contribution in [3.63, 3.8) is 0 Å². The van der Waals surface area contributed by atoms with Crippen LogP contribution >= 0.6 is 0 Å². The molecule has 0 radical (unpaired) electrons. The Balaban J connectivity index is 1.39. The number of hydrogen-bond acceptors (Lipinski definition) is 7. The van der Waals surface area contributed by atoms with Gasteiger partial charge in [-0.2, -0.15) is 0 Å². The molecular formula is C27H25F2N7O3S. The smallest absolute Gasteiger partial charge is 0.232 e. The molecule has 1 aliphatic heterocycles. The van der Waals surface area contributed by atoms with Gasteiger partial charge in [0.25, 0.3) is 0 Å². The van der Waals surface area contributed by atoms with E-state index in [1.807, 2.05) is 16.9 Å². The zero-order valence-corrected chi connectivity index (χ0v) is 22.3. The van der Waals surface area contributed by atoms with Crippen molar-refractivity contribution < 1.29 is 21.9 Å². The first-order chi connectivity index (χ1) is 19.3. The summed E-state index contributed by atoms with van der Waals surface area (Å²) in [6.45, 7) is 2.91. The number of benzene rings is 2. The number of halogens is 2. The zero-order chi connectivity index (χ0) is 27.9. The number of rotatable bonds is 7. The highest BCUT2D eigenvalue weighted by molar-refractivity contribution is 7.92. The molecule has 1 N–H and O–H groups in total. The number of ether oxygens (including phenoxy) is 1. The van der Waals surface area contributed by atoms with E-state index >= 15 is 0 Å². The molecule has 40 heavy (non-hydrogen) atoms. The van der Waals surface area contributed by atoms with E-state index in [0.29, 0.717) is 41.3 Å². The highest BCUT2D eigenvalue weighted by Gasteiger charge is 2.19. The number of sulfonamides is 1. The van der Waals surface area contributed by atoms with Gasteiger partial charge in [-0.25, -0.2) is 31.8 Å². The summed E-state index contributed by atoms with van der Waals surface area (Å²) in [5.41, 5.74) is 3.67. The summed E-state index contributed by atoms with van der Waals surface area (Å²) in [6, 6.07) is 10.1. The molecule has 2 aromatic carbocycles. The Morgan fingerprint density at radius 1 is 1.05 bits per heavy atom. The van der Waals surface area contributed by atoms with Crippen molar-refractivity contribution in [2.24, 2.45) is 0 Å². The molecular weight excluding hydrogens is 540 g/mol. The number of pyridine rings is 1. The van der Waals surface area contributed by atoms with E-state index in [-0.39, 0.29) is 23.0 Å². The average Bonchev–Trinajstić information content (AvgIpc) is 3.61. The molecule has 1 saturated heterocycles. The van der Waals surface area contributed by atoms with Gasteiger partial charge in [0.15, 0.2) is 5.65 Å². The summed E-state index contributed by atoms with van der Waals surface area (Å²) >= 11 is 0. The second-order valence-electron chi connectivity index (χ2n) is 9.51. The van der Waals surface area contributed by atoms with Gasteiger partial charge in [-0.1, -0.05) is 5.21 Å². The molecule has 3 aromatic heterocycles. The van der Waals surface area contributed by atoms with Gasteiger partial charge in [0.2, 0.25) is 10.0 Å². The fourth-order valence-electron chi connectivity index (χ4n) is 4.71. The normalized spacial score (nSPS) is 14.6. The Kier molecular flexibility index (Phi) is 6.76. The van der Waals surface area contributed by atoms with E-state index in [0.717, 1.165) is 30.5 Å². The van der Waals surface area contributed by atoms with Crippen LogP contribution in [0.1, 0.15) is 25.8 Å². The summed E-state index contributed by atoms with van der Waals surface area (Å²) in [6.07, 6.45) is 6.87. The SMILES string of the molecule is CCS(=O)(=O)Nc1cc(-c2ccc(F)cc2F)cc(-n2cnc3cc(-c4cn(C5CCOCC5)nn4)cnc32)c1. The Morgan fingerprint density at radius 3 is 2.65 bits per heavy atom. The molecule has 0 atom stereocenters. The molecule has 0 bridgehead atoms. The number of anilines is 1. The first kappa shape index (κ1) is 26.0. The van der Waals surface area contributed by atoms with Crippen molar-refractivity contribution >= 4 is 26.9 Å². The van der Waals surface area contributed by atoms with Crippen LogP contribution in [0.5, 0.6) is 0 Å². The highest BCUT2D eigenvalue weighted by atomic mass is 32.2. The summed E-state index contributed by atoms with van der Waals surface area (Å²) in [4.78, 5) is 9.11. The molecule has 0 unspecified atom stereocenters. The van der Waals surface area contributed by atoms with Crippen LogP contribution in [0.25, 0.3) is 39.2 Å². The van der Waals surface area contributed by atoms with Crippen molar-refractivity contribution in [2.75, 3.05) is 23.7 Å². The van der Waals surface area contributed by atoms with Crippen LogP contribution < -0.4 is 4.72 Å². The van der Waals surface area contributed by atoms with E-state index in [9.17, 15) is 17.2 Å². The van der Waals surface area contributed by atoms with E-state index in [1.54, 1.807) is 29.2 Å². The average molecular weight is 566 g/mol. The molecule has 1 aliphatic rings. The van der Waals surface area contributed by atoms with Gasteiger partial charge in [-0.05, 0) is 61.7 Å². The molecule has 0 aliphatic carbocycles. The van der Waals surface area contributed by atoms with E-state index in [2.05, 4.69) is 25.0 Å². The number of fused-ring (bicyclic) bond motifs is 1. The Bertz CT molecular complexity index is 1810. The first-order valence-electron chi connectivity index (χ1n) is 12.7. The number of hydrogen-bond donors (Lipinski definition) is 1. The van der Waals surface area contributed by atoms with Gasteiger partial charge in [0, 0.05) is 36.6 Å². The number of aromatic nitrogens is 6. The fourth-order valence-corrected chi connectivity index (χ4v) is 5.33. The van der Waals surface area contributed by atoms with Crippen LogP contribution in [0.15, 0.2) is 61.2 Å². The third-order valence-corrected chi connectivity index (χ3v) is 8.16. The molecule has 0 amide bonds. The zero-order valence-electron chi connectivity index (χ0n) is 21.5. The van der Waals surface area contributed by atoms with Crippen molar-refractivity contribution in [2.45, 2.75) is 25.8 Å². The second-order valence-corrected chi connectivity index (χ2v) is 11.5. The van der Waals surface area contributed by atoms with Gasteiger partial charge in [0.05, 0.1) is 29.4 Å². The predicted octanol–water partition coefficient (Wildman–Crippen LogP) is 4.74. The third kappa shape index (κ3) is 5.17. The lowest BCUT2D eigenvalue weighted by molar-refractivity contribution is 0.0657. The van der Waals surface area contributed by atoms with Crippen LogP contribution in [0.3, 0.4) is 0 Å². The number of nitrogens with one attached hydrogen (secondary N) is 1. The largest absolute Gasteiger partial charge is 0.381 e.